The van der Waals surface area contributed by atoms with Gasteiger partial charge in [-0.2, -0.15) is 0 Å². The maximum Gasteiger partial charge on any atom is 0.184 e. The maximum atomic E-state index is 5.76. The average Bonchev–Trinajstić information content (AvgIpc) is 2.56. The number of nitrogens with zero attached hydrogens (tertiary/aromatic N) is 1. The highest BCUT2D eigenvalue weighted by atomic mass is 35.5. The lowest BCUT2D eigenvalue weighted by Crippen LogP contribution is -2.46. The van der Waals surface area contributed by atoms with Gasteiger partial charge in [0.05, 0.1) is 0 Å². The van der Waals surface area contributed by atoms with Crippen LogP contribution in [0, 0.1) is 0 Å². The van der Waals surface area contributed by atoms with Crippen LogP contribution in [-0.4, -0.2) is 23.6 Å². The van der Waals surface area contributed by atoms with Gasteiger partial charge in [0.1, 0.15) is 5.15 Å². The molecule has 1 aromatic rings. The van der Waals surface area contributed by atoms with E-state index in [1.165, 1.54) is 12.8 Å². The molecule has 2 unspecified atom stereocenters. The van der Waals surface area contributed by atoms with Gasteiger partial charge in [0.25, 0.3) is 0 Å². The number of aromatic nitrogens is 1. The Morgan fingerprint density at radius 3 is 3.21 bits per heavy atom. The fraction of sp³-hybridized carbons (Fsp3) is 0.667. The first-order valence-corrected chi connectivity index (χ1v) is 6.12. The number of hydrogen-bond donors (Lipinski definition) is 2. The molecule has 0 bridgehead atoms. The van der Waals surface area contributed by atoms with Crippen LogP contribution in [0.4, 0.5) is 5.13 Å². The normalized spacial score (nSPS) is 27.6. The molecule has 5 heteroatoms. The molecule has 0 aromatic carbocycles. The fourth-order valence-corrected chi connectivity index (χ4v) is 2.62. The van der Waals surface area contributed by atoms with E-state index < -0.39 is 0 Å². The highest BCUT2D eigenvalue weighted by molar-refractivity contribution is 7.14. The van der Waals surface area contributed by atoms with Gasteiger partial charge in [-0.15, -0.1) is 11.3 Å². The molecule has 2 atom stereocenters. The van der Waals surface area contributed by atoms with Gasteiger partial charge >= 0.3 is 0 Å². The Labute approximate surface area is 92.9 Å². The van der Waals surface area contributed by atoms with Crippen molar-refractivity contribution in [3.05, 3.63) is 10.5 Å². The van der Waals surface area contributed by atoms with Crippen LogP contribution in [0.25, 0.3) is 0 Å². The van der Waals surface area contributed by atoms with Crippen molar-refractivity contribution in [3.8, 4) is 0 Å². The van der Waals surface area contributed by atoms with Gasteiger partial charge in [-0.05, 0) is 26.3 Å². The minimum absolute atomic E-state index is 0.478. The molecule has 2 rings (SSSR count). The lowest BCUT2D eigenvalue weighted by molar-refractivity contribution is 0.389. The fourth-order valence-electron chi connectivity index (χ4n) is 1.72. The summed E-state index contributed by atoms with van der Waals surface area (Å²) >= 11 is 7.32. The Hall–Kier alpha value is -0.320. The van der Waals surface area contributed by atoms with Crippen LogP contribution in [0.1, 0.15) is 19.8 Å². The summed E-state index contributed by atoms with van der Waals surface area (Å²) in [6, 6.07) is 0.984. The molecule has 0 saturated carbocycles. The summed E-state index contributed by atoms with van der Waals surface area (Å²) in [7, 11) is 0. The summed E-state index contributed by atoms with van der Waals surface area (Å²) in [5.74, 6) is 0. The number of nitrogens with one attached hydrogen (secondary N) is 2. The highest BCUT2D eigenvalue weighted by Crippen LogP contribution is 2.22. The third-order valence-corrected chi connectivity index (χ3v) is 3.64. The molecule has 0 spiro atoms. The summed E-state index contributed by atoms with van der Waals surface area (Å²) in [5.41, 5.74) is 0. The van der Waals surface area contributed by atoms with Crippen LogP contribution in [0.3, 0.4) is 0 Å². The minimum Gasteiger partial charge on any atom is -0.357 e. The third kappa shape index (κ3) is 2.38. The molecule has 1 aliphatic rings. The van der Waals surface area contributed by atoms with Gasteiger partial charge in [0.2, 0.25) is 0 Å². The van der Waals surface area contributed by atoms with E-state index >= 15 is 0 Å². The monoisotopic (exact) mass is 231 g/mol. The maximum absolute atomic E-state index is 5.76. The van der Waals surface area contributed by atoms with Gasteiger partial charge in [-0.25, -0.2) is 4.98 Å². The third-order valence-electron chi connectivity index (χ3n) is 2.55. The van der Waals surface area contributed by atoms with Crippen LogP contribution in [-0.2, 0) is 0 Å². The molecule has 2 heterocycles. The van der Waals surface area contributed by atoms with Gasteiger partial charge < -0.3 is 10.6 Å². The zero-order chi connectivity index (χ0) is 9.97. The molecule has 1 aromatic heterocycles. The van der Waals surface area contributed by atoms with E-state index in [-0.39, 0.29) is 0 Å². The van der Waals surface area contributed by atoms with E-state index in [0.717, 1.165) is 11.7 Å². The van der Waals surface area contributed by atoms with E-state index in [0.29, 0.717) is 17.2 Å². The van der Waals surface area contributed by atoms with Crippen LogP contribution < -0.4 is 10.6 Å². The Kier molecular flexibility index (Phi) is 3.26. The first kappa shape index (κ1) is 10.2. The lowest BCUT2D eigenvalue weighted by atomic mass is 10.0. The van der Waals surface area contributed by atoms with E-state index in [1.807, 2.05) is 5.38 Å². The van der Waals surface area contributed by atoms with Crippen molar-refractivity contribution in [3.63, 3.8) is 0 Å². The van der Waals surface area contributed by atoms with Crippen molar-refractivity contribution >= 4 is 28.1 Å². The largest absolute Gasteiger partial charge is 0.357 e. The molecule has 2 N–H and O–H groups in total. The number of hydrogen-bond acceptors (Lipinski definition) is 4. The lowest BCUT2D eigenvalue weighted by Gasteiger charge is -2.30. The Morgan fingerprint density at radius 2 is 2.57 bits per heavy atom. The first-order valence-electron chi connectivity index (χ1n) is 4.86. The zero-order valence-corrected chi connectivity index (χ0v) is 9.66. The topological polar surface area (TPSA) is 37.0 Å². The smallest absolute Gasteiger partial charge is 0.184 e. The van der Waals surface area contributed by atoms with Crippen molar-refractivity contribution in [1.29, 1.82) is 0 Å². The van der Waals surface area contributed by atoms with Gasteiger partial charge in [0.15, 0.2) is 5.13 Å². The van der Waals surface area contributed by atoms with Gasteiger partial charge in [-0.3, -0.25) is 0 Å². The molecule has 14 heavy (non-hydrogen) atoms. The van der Waals surface area contributed by atoms with Crippen molar-refractivity contribution in [1.82, 2.24) is 10.3 Å². The second-order valence-corrected chi connectivity index (χ2v) is 4.86. The number of rotatable bonds is 2. The molecule has 1 aliphatic heterocycles. The summed E-state index contributed by atoms with van der Waals surface area (Å²) in [6.07, 6.45) is 2.42. The van der Waals surface area contributed by atoms with E-state index in [2.05, 4.69) is 22.5 Å². The van der Waals surface area contributed by atoms with Gasteiger partial charge in [0, 0.05) is 17.5 Å². The second kappa shape index (κ2) is 4.47. The predicted molar refractivity (Wildman–Crippen MR) is 61.2 cm³/mol. The molecule has 0 radical (unpaired) electrons. The van der Waals surface area contributed by atoms with E-state index in [9.17, 15) is 0 Å². The van der Waals surface area contributed by atoms with Crippen LogP contribution in [0.5, 0.6) is 0 Å². The molecule has 3 nitrogen and oxygen atoms in total. The zero-order valence-electron chi connectivity index (χ0n) is 8.09. The summed E-state index contributed by atoms with van der Waals surface area (Å²) in [6.45, 7) is 3.32. The first-order chi connectivity index (χ1) is 6.75. The summed E-state index contributed by atoms with van der Waals surface area (Å²) in [4.78, 5) is 4.18. The van der Waals surface area contributed by atoms with Crippen molar-refractivity contribution in [2.24, 2.45) is 0 Å². The predicted octanol–water partition coefficient (Wildman–Crippen LogP) is 2.35. The Morgan fingerprint density at radius 1 is 1.71 bits per heavy atom. The average molecular weight is 232 g/mol. The van der Waals surface area contributed by atoms with Gasteiger partial charge in [-0.1, -0.05) is 11.6 Å². The van der Waals surface area contributed by atoms with E-state index in [4.69, 9.17) is 11.6 Å². The molecular formula is C9H14ClN3S. The summed E-state index contributed by atoms with van der Waals surface area (Å²) in [5, 5.41) is 10.2. The number of piperidine rings is 1. The standard InChI is InChI=1S/C9H14ClN3S/c1-6-7(3-2-4-11-6)12-9-13-8(10)5-14-9/h5-7,11H,2-4H2,1H3,(H,12,13). The SMILES string of the molecule is CC1NCCCC1Nc1nc(Cl)cs1. The minimum atomic E-state index is 0.478. The molecule has 1 saturated heterocycles. The van der Waals surface area contributed by atoms with Crippen LogP contribution >= 0.6 is 22.9 Å². The van der Waals surface area contributed by atoms with Crippen LogP contribution in [0.2, 0.25) is 5.15 Å². The van der Waals surface area contributed by atoms with Crippen molar-refractivity contribution in [2.45, 2.75) is 31.8 Å². The number of halogens is 1. The van der Waals surface area contributed by atoms with E-state index in [1.54, 1.807) is 11.3 Å². The Bertz CT molecular complexity index is 302. The molecular weight excluding hydrogens is 218 g/mol. The van der Waals surface area contributed by atoms with Crippen LogP contribution in [0.15, 0.2) is 5.38 Å². The Balaban J connectivity index is 1.95. The number of anilines is 1. The van der Waals surface area contributed by atoms with Crippen molar-refractivity contribution < 1.29 is 0 Å². The molecule has 1 fully saturated rings. The number of thiazole rings is 1. The summed E-state index contributed by atoms with van der Waals surface area (Å²) < 4.78 is 0. The molecule has 0 aliphatic carbocycles. The quantitative estimate of drug-likeness (QED) is 0.821. The molecule has 0 amide bonds. The highest BCUT2D eigenvalue weighted by Gasteiger charge is 2.21. The second-order valence-electron chi connectivity index (χ2n) is 3.61. The molecule has 78 valence electrons. The van der Waals surface area contributed by atoms with Crippen molar-refractivity contribution in [2.75, 3.05) is 11.9 Å².